The molecular formula is C22H36N4O. The topological polar surface area (TPSA) is 38.8 Å². The zero-order valence-corrected chi connectivity index (χ0v) is 17.3. The van der Waals surface area contributed by atoms with Gasteiger partial charge in [-0.25, -0.2) is 4.79 Å². The van der Waals surface area contributed by atoms with Gasteiger partial charge >= 0.3 is 6.03 Å². The molecule has 2 heterocycles. The second kappa shape index (κ2) is 9.56. The molecule has 2 aliphatic rings. The highest BCUT2D eigenvalue weighted by molar-refractivity contribution is 5.74. The molecule has 0 bridgehead atoms. The van der Waals surface area contributed by atoms with Gasteiger partial charge in [-0.05, 0) is 35.9 Å². The van der Waals surface area contributed by atoms with Gasteiger partial charge in [-0.15, -0.1) is 0 Å². The lowest BCUT2D eigenvalue weighted by atomic mass is 9.92. The van der Waals surface area contributed by atoms with Gasteiger partial charge in [0.15, 0.2) is 0 Å². The predicted molar refractivity (Wildman–Crippen MR) is 111 cm³/mol. The summed E-state index contributed by atoms with van der Waals surface area (Å²) in [6, 6.07) is 8.62. The van der Waals surface area contributed by atoms with E-state index >= 15 is 0 Å². The Morgan fingerprint density at radius 1 is 1.00 bits per heavy atom. The van der Waals surface area contributed by atoms with E-state index in [0.717, 1.165) is 52.4 Å². The number of amides is 2. The van der Waals surface area contributed by atoms with Gasteiger partial charge in [-0.1, -0.05) is 45.0 Å². The zero-order chi connectivity index (χ0) is 19.2. The third-order valence-corrected chi connectivity index (χ3v) is 6.01. The van der Waals surface area contributed by atoms with E-state index in [1.165, 1.54) is 17.5 Å². The quantitative estimate of drug-likeness (QED) is 0.864. The Bertz CT molecular complexity index is 602. The van der Waals surface area contributed by atoms with Gasteiger partial charge < -0.3 is 15.1 Å². The van der Waals surface area contributed by atoms with E-state index in [4.69, 9.17) is 0 Å². The number of likely N-dealkylation sites (N-methyl/N-ethyl adjacent to an activating group) is 1. The first-order chi connectivity index (χ1) is 13.0. The molecule has 0 aliphatic carbocycles. The molecule has 1 N–H and O–H groups in total. The van der Waals surface area contributed by atoms with Crippen LogP contribution < -0.4 is 5.32 Å². The Balaban J connectivity index is 1.54. The first kappa shape index (κ1) is 20.2. The third-order valence-electron chi connectivity index (χ3n) is 6.01. The highest BCUT2D eigenvalue weighted by Crippen LogP contribution is 2.21. The maximum Gasteiger partial charge on any atom is 0.317 e. The molecule has 0 radical (unpaired) electrons. The van der Waals surface area contributed by atoms with E-state index in [9.17, 15) is 4.79 Å². The van der Waals surface area contributed by atoms with Gasteiger partial charge in [0.05, 0.1) is 0 Å². The summed E-state index contributed by atoms with van der Waals surface area (Å²) in [6.45, 7) is 15.7. The van der Waals surface area contributed by atoms with Crippen molar-refractivity contribution in [3.8, 4) is 0 Å². The van der Waals surface area contributed by atoms with Crippen LogP contribution in [0.3, 0.4) is 0 Å². The summed E-state index contributed by atoms with van der Waals surface area (Å²) in [5.41, 5.74) is 2.57. The van der Waals surface area contributed by atoms with Gasteiger partial charge in [0.1, 0.15) is 0 Å². The molecule has 3 rings (SSSR count). The van der Waals surface area contributed by atoms with Crippen molar-refractivity contribution in [1.29, 1.82) is 0 Å². The Kier molecular flexibility index (Phi) is 7.13. The first-order valence-electron chi connectivity index (χ1n) is 10.6. The summed E-state index contributed by atoms with van der Waals surface area (Å²) in [5.74, 6) is 1.18. The molecular weight excluding hydrogens is 336 g/mol. The van der Waals surface area contributed by atoms with E-state index in [1.807, 2.05) is 4.90 Å². The fraction of sp³-hybridized carbons (Fsp3) is 0.682. The zero-order valence-electron chi connectivity index (χ0n) is 17.3. The van der Waals surface area contributed by atoms with Crippen molar-refractivity contribution in [1.82, 2.24) is 20.0 Å². The van der Waals surface area contributed by atoms with Crippen LogP contribution in [0.25, 0.3) is 0 Å². The Labute approximate surface area is 164 Å². The van der Waals surface area contributed by atoms with Crippen molar-refractivity contribution in [3.63, 3.8) is 0 Å². The van der Waals surface area contributed by atoms with Gasteiger partial charge in [0.25, 0.3) is 0 Å². The van der Waals surface area contributed by atoms with Crippen molar-refractivity contribution in [2.75, 3.05) is 45.8 Å². The lowest BCUT2D eigenvalue weighted by Gasteiger charge is -2.35. The molecule has 2 atom stereocenters. The average Bonchev–Trinajstić information content (AvgIpc) is 2.67. The molecule has 0 spiro atoms. The number of nitrogens with one attached hydrogen (secondary N) is 1. The molecule has 5 nitrogen and oxygen atoms in total. The average molecular weight is 373 g/mol. The van der Waals surface area contributed by atoms with E-state index in [2.05, 4.69) is 60.2 Å². The Morgan fingerprint density at radius 3 is 2.22 bits per heavy atom. The Morgan fingerprint density at radius 2 is 1.59 bits per heavy atom. The molecule has 0 aromatic heterocycles. The van der Waals surface area contributed by atoms with Crippen LogP contribution in [0, 0.1) is 11.8 Å². The molecule has 1 aromatic carbocycles. The van der Waals surface area contributed by atoms with Gasteiger partial charge in [-0.2, -0.15) is 0 Å². The maximum absolute atomic E-state index is 12.6. The minimum Gasteiger partial charge on any atom is -0.334 e. The molecule has 150 valence electrons. The molecule has 5 heteroatoms. The predicted octanol–water partition coefficient (Wildman–Crippen LogP) is 3.01. The smallest absolute Gasteiger partial charge is 0.317 e. The third kappa shape index (κ3) is 5.69. The highest BCUT2D eigenvalue weighted by Gasteiger charge is 2.25. The number of nitrogens with zero attached hydrogens (tertiary/aromatic N) is 3. The molecule has 2 aliphatic heterocycles. The van der Waals surface area contributed by atoms with Crippen molar-refractivity contribution in [2.24, 2.45) is 11.8 Å². The minimum atomic E-state index is 0.0831. The van der Waals surface area contributed by atoms with Crippen LogP contribution >= 0.6 is 0 Å². The molecule has 2 fully saturated rings. The fourth-order valence-corrected chi connectivity index (χ4v) is 4.50. The van der Waals surface area contributed by atoms with Gasteiger partial charge in [0.2, 0.25) is 0 Å². The van der Waals surface area contributed by atoms with E-state index in [0.29, 0.717) is 18.4 Å². The van der Waals surface area contributed by atoms with Crippen LogP contribution in [0.5, 0.6) is 0 Å². The fourth-order valence-electron chi connectivity index (χ4n) is 4.50. The SMILES string of the molecule is CCN1CCN(Cc2ccccc2CNC(=O)N2CC(C)CC(C)C2)CC1. The standard InChI is InChI=1S/C22H36N4O/c1-4-24-9-11-25(12-10-24)17-21-8-6-5-7-20(21)14-23-22(27)26-15-18(2)13-19(3)16-26/h5-8,18-19H,4,9-17H2,1-3H3,(H,23,27). The highest BCUT2D eigenvalue weighted by atomic mass is 16.2. The number of carbonyl (C=O) groups excluding carboxylic acids is 1. The molecule has 27 heavy (non-hydrogen) atoms. The van der Waals surface area contributed by atoms with Crippen LogP contribution in [0.2, 0.25) is 0 Å². The van der Waals surface area contributed by atoms with Crippen LogP contribution in [0.4, 0.5) is 4.79 Å². The molecule has 2 amide bonds. The second-order valence-corrected chi connectivity index (χ2v) is 8.49. The summed E-state index contributed by atoms with van der Waals surface area (Å²) in [7, 11) is 0. The second-order valence-electron chi connectivity index (χ2n) is 8.49. The molecule has 1 aromatic rings. The van der Waals surface area contributed by atoms with Gasteiger partial charge in [-0.3, -0.25) is 4.90 Å². The number of piperazine rings is 1. The summed E-state index contributed by atoms with van der Waals surface area (Å²) in [6.07, 6.45) is 1.22. The molecule has 0 saturated carbocycles. The van der Waals surface area contributed by atoms with Crippen molar-refractivity contribution in [2.45, 2.75) is 40.3 Å². The van der Waals surface area contributed by atoms with Crippen LogP contribution in [-0.4, -0.2) is 66.5 Å². The summed E-state index contributed by atoms with van der Waals surface area (Å²) < 4.78 is 0. The monoisotopic (exact) mass is 372 g/mol. The lowest BCUT2D eigenvalue weighted by molar-refractivity contribution is 0.131. The number of carbonyl (C=O) groups is 1. The van der Waals surface area contributed by atoms with Crippen LogP contribution in [-0.2, 0) is 13.1 Å². The largest absolute Gasteiger partial charge is 0.334 e. The summed E-state index contributed by atoms with van der Waals surface area (Å²) in [5, 5.41) is 3.16. The number of rotatable bonds is 5. The maximum atomic E-state index is 12.6. The number of likely N-dealkylation sites (tertiary alicyclic amines) is 1. The number of urea groups is 1. The minimum absolute atomic E-state index is 0.0831. The summed E-state index contributed by atoms with van der Waals surface area (Å²) >= 11 is 0. The van der Waals surface area contributed by atoms with Gasteiger partial charge in [0, 0.05) is 52.4 Å². The number of hydrogen-bond donors (Lipinski definition) is 1. The number of hydrogen-bond acceptors (Lipinski definition) is 3. The van der Waals surface area contributed by atoms with E-state index in [-0.39, 0.29) is 6.03 Å². The van der Waals surface area contributed by atoms with Crippen molar-refractivity contribution < 1.29 is 4.79 Å². The summed E-state index contributed by atoms with van der Waals surface area (Å²) in [4.78, 5) is 19.7. The first-order valence-corrected chi connectivity index (χ1v) is 10.6. The lowest BCUT2D eigenvalue weighted by Crippen LogP contribution is -2.47. The van der Waals surface area contributed by atoms with Crippen molar-refractivity contribution >= 4 is 6.03 Å². The Hall–Kier alpha value is -1.59. The van der Waals surface area contributed by atoms with Crippen molar-refractivity contribution in [3.05, 3.63) is 35.4 Å². The molecule has 2 saturated heterocycles. The van der Waals surface area contributed by atoms with E-state index in [1.54, 1.807) is 0 Å². The van der Waals surface area contributed by atoms with Crippen LogP contribution in [0.1, 0.15) is 38.3 Å². The normalized spacial score (nSPS) is 24.8. The number of piperidine rings is 1. The van der Waals surface area contributed by atoms with E-state index < -0.39 is 0 Å². The van der Waals surface area contributed by atoms with Crippen LogP contribution in [0.15, 0.2) is 24.3 Å². The number of benzene rings is 1. The molecule has 2 unspecified atom stereocenters.